The first-order valence-corrected chi connectivity index (χ1v) is 8.06. The van der Waals surface area contributed by atoms with Gasteiger partial charge in [-0.2, -0.15) is 0 Å². The van der Waals surface area contributed by atoms with E-state index in [0.717, 1.165) is 11.1 Å². The molecule has 0 aliphatic rings. The monoisotopic (exact) mass is 338 g/mol. The number of amides is 1. The number of aromatic amines is 1. The van der Waals surface area contributed by atoms with Gasteiger partial charge < -0.3 is 15.0 Å². The van der Waals surface area contributed by atoms with E-state index in [9.17, 15) is 14.3 Å². The molecule has 0 radical (unpaired) electrons. The van der Waals surface area contributed by atoms with E-state index in [4.69, 9.17) is 0 Å². The number of hydrogen-bond acceptors (Lipinski definition) is 2. The van der Waals surface area contributed by atoms with Gasteiger partial charge in [0.25, 0.3) is 5.91 Å². The fourth-order valence-corrected chi connectivity index (χ4v) is 2.76. The van der Waals surface area contributed by atoms with E-state index < -0.39 is 0 Å². The van der Waals surface area contributed by atoms with Crippen LogP contribution in [0.1, 0.15) is 15.9 Å². The van der Waals surface area contributed by atoms with Crippen molar-refractivity contribution >= 4 is 5.91 Å². The Kier molecular flexibility index (Phi) is 5.26. The smallest absolute Gasteiger partial charge is 0.256 e. The van der Waals surface area contributed by atoms with Crippen LogP contribution in [0.2, 0.25) is 0 Å². The maximum atomic E-state index is 13.1. The first-order chi connectivity index (χ1) is 12.2. The number of nitrogens with zero attached hydrogens (tertiary/aromatic N) is 1. The Morgan fingerprint density at radius 3 is 2.44 bits per heavy atom. The summed E-state index contributed by atoms with van der Waals surface area (Å²) >= 11 is 0. The summed E-state index contributed by atoms with van der Waals surface area (Å²) in [5.74, 6) is -0.503. The summed E-state index contributed by atoms with van der Waals surface area (Å²) in [5.41, 5.74) is 2.95. The number of aromatic nitrogens is 1. The standard InChI is InChI=1S/C20H19FN2O2/c21-17-8-6-16(7-9-17)18-12-22-13-19(18)20(25)23(10-11-24)14-15-4-2-1-3-5-15/h1-9,12-13,22,24H,10-11,14H2. The number of hydrogen-bond donors (Lipinski definition) is 2. The second kappa shape index (κ2) is 7.77. The fraction of sp³-hybridized carbons (Fsp3) is 0.150. The van der Waals surface area contributed by atoms with Crippen LogP contribution >= 0.6 is 0 Å². The van der Waals surface area contributed by atoms with Crippen molar-refractivity contribution in [3.63, 3.8) is 0 Å². The quantitative estimate of drug-likeness (QED) is 0.723. The van der Waals surface area contributed by atoms with Crippen molar-refractivity contribution < 1.29 is 14.3 Å². The van der Waals surface area contributed by atoms with Crippen molar-refractivity contribution in [2.24, 2.45) is 0 Å². The Morgan fingerprint density at radius 1 is 1.04 bits per heavy atom. The molecule has 0 saturated carbocycles. The summed E-state index contributed by atoms with van der Waals surface area (Å²) in [7, 11) is 0. The summed E-state index contributed by atoms with van der Waals surface area (Å²) in [6, 6.07) is 15.6. The molecule has 4 nitrogen and oxygen atoms in total. The van der Waals surface area contributed by atoms with Crippen LogP contribution in [0.15, 0.2) is 67.0 Å². The van der Waals surface area contributed by atoms with E-state index in [0.29, 0.717) is 17.7 Å². The number of nitrogens with one attached hydrogen (secondary N) is 1. The molecule has 0 unspecified atom stereocenters. The first kappa shape index (κ1) is 16.9. The zero-order valence-corrected chi connectivity index (χ0v) is 13.7. The van der Waals surface area contributed by atoms with E-state index in [-0.39, 0.29) is 24.9 Å². The Morgan fingerprint density at radius 2 is 1.76 bits per heavy atom. The van der Waals surface area contributed by atoms with Crippen molar-refractivity contribution in [3.05, 3.63) is 83.9 Å². The highest BCUT2D eigenvalue weighted by atomic mass is 19.1. The van der Waals surface area contributed by atoms with E-state index in [1.165, 1.54) is 12.1 Å². The van der Waals surface area contributed by atoms with Gasteiger partial charge in [0, 0.05) is 31.0 Å². The van der Waals surface area contributed by atoms with Crippen molar-refractivity contribution in [1.29, 1.82) is 0 Å². The Balaban J connectivity index is 1.88. The lowest BCUT2D eigenvalue weighted by atomic mass is 10.0. The molecule has 0 atom stereocenters. The van der Waals surface area contributed by atoms with Gasteiger partial charge in [0.15, 0.2) is 0 Å². The van der Waals surface area contributed by atoms with Crippen LogP contribution in [-0.4, -0.2) is 34.0 Å². The third-order valence-corrected chi connectivity index (χ3v) is 4.00. The third-order valence-electron chi connectivity index (χ3n) is 4.00. The molecular formula is C20H19FN2O2. The molecule has 0 saturated heterocycles. The summed E-state index contributed by atoms with van der Waals surface area (Å²) in [6.07, 6.45) is 3.36. The highest BCUT2D eigenvalue weighted by Gasteiger charge is 2.20. The Hall–Kier alpha value is -2.92. The average molecular weight is 338 g/mol. The Bertz CT molecular complexity index is 828. The van der Waals surface area contributed by atoms with Crippen molar-refractivity contribution in [3.8, 4) is 11.1 Å². The van der Waals surface area contributed by atoms with Gasteiger partial charge >= 0.3 is 0 Å². The summed E-state index contributed by atoms with van der Waals surface area (Å²) in [6.45, 7) is 0.533. The normalized spacial score (nSPS) is 10.6. The van der Waals surface area contributed by atoms with E-state index in [1.54, 1.807) is 29.4 Å². The van der Waals surface area contributed by atoms with Gasteiger partial charge in [0.05, 0.1) is 12.2 Å². The highest BCUT2D eigenvalue weighted by Crippen LogP contribution is 2.25. The minimum Gasteiger partial charge on any atom is -0.395 e. The molecule has 0 bridgehead atoms. The maximum Gasteiger partial charge on any atom is 0.256 e. The lowest BCUT2D eigenvalue weighted by molar-refractivity contribution is 0.0709. The molecule has 0 aliphatic heterocycles. The maximum absolute atomic E-state index is 13.1. The number of benzene rings is 2. The van der Waals surface area contributed by atoms with Gasteiger partial charge in [-0.1, -0.05) is 42.5 Å². The molecule has 128 valence electrons. The second-order valence-corrected chi connectivity index (χ2v) is 5.73. The SMILES string of the molecule is O=C(c1c[nH]cc1-c1ccc(F)cc1)N(CCO)Cc1ccccc1. The van der Waals surface area contributed by atoms with Crippen molar-refractivity contribution in [2.75, 3.05) is 13.2 Å². The van der Waals surface area contributed by atoms with Gasteiger partial charge in [-0.3, -0.25) is 4.79 Å². The Labute approximate surface area is 145 Å². The van der Waals surface area contributed by atoms with Gasteiger partial charge in [-0.05, 0) is 23.3 Å². The van der Waals surface area contributed by atoms with Crippen LogP contribution in [0.3, 0.4) is 0 Å². The number of aliphatic hydroxyl groups excluding tert-OH is 1. The van der Waals surface area contributed by atoms with Crippen molar-refractivity contribution in [2.45, 2.75) is 6.54 Å². The minimum atomic E-state index is -0.321. The molecule has 0 spiro atoms. The highest BCUT2D eigenvalue weighted by molar-refractivity contribution is 6.00. The summed E-state index contributed by atoms with van der Waals surface area (Å²) in [4.78, 5) is 17.5. The van der Waals surface area contributed by atoms with Gasteiger partial charge in [0.1, 0.15) is 5.82 Å². The number of aliphatic hydroxyl groups is 1. The predicted octanol–water partition coefficient (Wildman–Crippen LogP) is 3.46. The molecule has 5 heteroatoms. The van der Waals surface area contributed by atoms with Crippen LogP contribution in [0.25, 0.3) is 11.1 Å². The largest absolute Gasteiger partial charge is 0.395 e. The summed E-state index contributed by atoms with van der Waals surface area (Å²) in [5, 5.41) is 9.33. The van der Waals surface area contributed by atoms with E-state index in [1.807, 2.05) is 30.3 Å². The molecule has 1 heterocycles. The molecule has 1 aromatic heterocycles. The third kappa shape index (κ3) is 3.95. The van der Waals surface area contributed by atoms with E-state index in [2.05, 4.69) is 4.98 Å². The first-order valence-electron chi connectivity index (χ1n) is 8.06. The molecule has 0 fully saturated rings. The molecule has 25 heavy (non-hydrogen) atoms. The van der Waals surface area contributed by atoms with Crippen molar-refractivity contribution in [1.82, 2.24) is 9.88 Å². The molecule has 3 aromatic rings. The molecular weight excluding hydrogens is 319 g/mol. The topological polar surface area (TPSA) is 56.3 Å². The number of halogens is 1. The van der Waals surface area contributed by atoms with Crippen LogP contribution in [0, 0.1) is 5.82 Å². The lowest BCUT2D eigenvalue weighted by Crippen LogP contribution is -2.33. The molecule has 2 N–H and O–H groups in total. The zero-order valence-electron chi connectivity index (χ0n) is 13.7. The number of rotatable bonds is 6. The van der Waals surface area contributed by atoms with Crippen LogP contribution in [-0.2, 0) is 6.54 Å². The number of H-pyrrole nitrogens is 1. The average Bonchev–Trinajstić information content (AvgIpc) is 3.12. The van der Waals surface area contributed by atoms with Gasteiger partial charge in [0.2, 0.25) is 0 Å². The van der Waals surface area contributed by atoms with Crippen LogP contribution in [0.4, 0.5) is 4.39 Å². The molecule has 2 aromatic carbocycles. The molecule has 3 rings (SSSR count). The molecule has 1 amide bonds. The van der Waals surface area contributed by atoms with Gasteiger partial charge in [-0.25, -0.2) is 4.39 Å². The second-order valence-electron chi connectivity index (χ2n) is 5.73. The lowest BCUT2D eigenvalue weighted by Gasteiger charge is -2.22. The van der Waals surface area contributed by atoms with Crippen LogP contribution < -0.4 is 0 Å². The number of carbonyl (C=O) groups excluding carboxylic acids is 1. The fourth-order valence-electron chi connectivity index (χ4n) is 2.76. The minimum absolute atomic E-state index is 0.116. The van der Waals surface area contributed by atoms with Gasteiger partial charge in [-0.15, -0.1) is 0 Å². The van der Waals surface area contributed by atoms with Crippen LogP contribution in [0.5, 0.6) is 0 Å². The summed E-state index contributed by atoms with van der Waals surface area (Å²) < 4.78 is 13.1. The number of carbonyl (C=O) groups is 1. The predicted molar refractivity (Wildman–Crippen MR) is 94.5 cm³/mol. The van der Waals surface area contributed by atoms with E-state index >= 15 is 0 Å². The zero-order chi connectivity index (χ0) is 17.6. The molecule has 0 aliphatic carbocycles.